The zero-order chi connectivity index (χ0) is 22.8. The van der Waals surface area contributed by atoms with Crippen molar-refractivity contribution < 1.29 is 4.74 Å². The molecule has 1 N–H and O–H groups in total. The summed E-state index contributed by atoms with van der Waals surface area (Å²) in [5.41, 5.74) is 12.1. The molecule has 32 heavy (non-hydrogen) atoms. The number of methoxy groups -OCH3 is 1. The summed E-state index contributed by atoms with van der Waals surface area (Å²) >= 11 is 0. The number of hydrogen-bond acceptors (Lipinski definition) is 3. The van der Waals surface area contributed by atoms with Crippen molar-refractivity contribution >= 4 is 0 Å². The van der Waals surface area contributed by atoms with Crippen LogP contribution in [0.25, 0.3) is 0 Å². The van der Waals surface area contributed by atoms with Gasteiger partial charge in [0.15, 0.2) is 0 Å². The average Bonchev–Trinajstić information content (AvgIpc) is 3.18. The van der Waals surface area contributed by atoms with Gasteiger partial charge in [0, 0.05) is 31.0 Å². The molecule has 0 spiro atoms. The normalized spacial score (nSPS) is 17.4. The van der Waals surface area contributed by atoms with Gasteiger partial charge in [-0.3, -0.25) is 10.00 Å². The average molecular weight is 432 g/mol. The van der Waals surface area contributed by atoms with Gasteiger partial charge in [0.05, 0.1) is 18.3 Å². The van der Waals surface area contributed by atoms with E-state index in [0.29, 0.717) is 6.04 Å². The van der Waals surface area contributed by atoms with Crippen molar-refractivity contribution in [1.82, 2.24) is 15.1 Å². The maximum absolute atomic E-state index is 5.76. The highest BCUT2D eigenvalue weighted by Crippen LogP contribution is 2.41. The zero-order valence-electron chi connectivity index (χ0n) is 20.5. The molecule has 2 aromatic carbocycles. The summed E-state index contributed by atoms with van der Waals surface area (Å²) in [5, 5.41) is 8.13. The minimum atomic E-state index is 0.146. The predicted molar refractivity (Wildman–Crippen MR) is 131 cm³/mol. The van der Waals surface area contributed by atoms with Crippen LogP contribution in [-0.2, 0) is 30.5 Å². The minimum absolute atomic E-state index is 0.146. The number of nitrogens with zero attached hydrogens (tertiary/aromatic N) is 2. The van der Waals surface area contributed by atoms with Crippen LogP contribution in [-0.4, -0.2) is 34.9 Å². The number of aryl methyl sites for hydroxylation is 5. The summed E-state index contributed by atoms with van der Waals surface area (Å²) < 4.78 is 5.76. The van der Waals surface area contributed by atoms with Crippen molar-refractivity contribution in [2.75, 3.05) is 13.7 Å². The van der Waals surface area contributed by atoms with Gasteiger partial charge in [-0.2, -0.15) is 5.10 Å². The first-order chi connectivity index (χ1) is 15.5. The summed E-state index contributed by atoms with van der Waals surface area (Å²) in [6.45, 7) is 12.8. The van der Waals surface area contributed by atoms with Crippen LogP contribution >= 0.6 is 0 Å². The molecule has 4 nitrogen and oxygen atoms in total. The molecule has 0 fully saturated rings. The first-order valence-corrected chi connectivity index (χ1v) is 11.9. The Morgan fingerprint density at radius 2 is 1.72 bits per heavy atom. The van der Waals surface area contributed by atoms with Gasteiger partial charge in [0.1, 0.15) is 0 Å². The summed E-state index contributed by atoms with van der Waals surface area (Å²) in [7, 11) is 1.82. The van der Waals surface area contributed by atoms with Crippen LogP contribution < -0.4 is 0 Å². The molecule has 3 aromatic rings. The largest absolute Gasteiger partial charge is 0.383 e. The fraction of sp³-hybridized carbons (Fsp3) is 0.464. The molecule has 0 saturated carbocycles. The van der Waals surface area contributed by atoms with Crippen molar-refractivity contribution in [3.8, 4) is 0 Å². The van der Waals surface area contributed by atoms with Gasteiger partial charge in [-0.25, -0.2) is 0 Å². The number of hydrogen-bond donors (Lipinski definition) is 1. The minimum Gasteiger partial charge on any atom is -0.383 e. The predicted octanol–water partition coefficient (Wildman–Crippen LogP) is 5.62. The maximum atomic E-state index is 5.76. The third-order valence-electron chi connectivity index (χ3n) is 7.02. The van der Waals surface area contributed by atoms with Gasteiger partial charge in [0.25, 0.3) is 0 Å². The molecule has 0 radical (unpaired) electrons. The number of benzene rings is 2. The Morgan fingerprint density at radius 1 is 1.03 bits per heavy atom. The Morgan fingerprint density at radius 3 is 2.34 bits per heavy atom. The molecule has 0 amide bonds. The molecule has 2 heterocycles. The number of fused-ring (bicyclic) bond motifs is 1. The second kappa shape index (κ2) is 9.60. The van der Waals surface area contributed by atoms with Crippen LogP contribution in [0.1, 0.15) is 70.2 Å². The van der Waals surface area contributed by atoms with Gasteiger partial charge < -0.3 is 4.74 Å². The van der Waals surface area contributed by atoms with Crippen molar-refractivity contribution in [2.24, 2.45) is 0 Å². The number of rotatable bonds is 7. The Kier molecular flexibility index (Phi) is 6.82. The van der Waals surface area contributed by atoms with E-state index in [1.807, 2.05) is 7.11 Å². The van der Waals surface area contributed by atoms with Crippen LogP contribution in [0.5, 0.6) is 0 Å². The zero-order valence-corrected chi connectivity index (χ0v) is 20.5. The number of H-pyrrole nitrogens is 1. The van der Waals surface area contributed by atoms with Crippen LogP contribution in [0.4, 0.5) is 0 Å². The first kappa shape index (κ1) is 22.8. The van der Waals surface area contributed by atoms with E-state index in [9.17, 15) is 0 Å². The summed E-state index contributed by atoms with van der Waals surface area (Å²) in [4.78, 5) is 2.68. The van der Waals surface area contributed by atoms with Crippen molar-refractivity contribution in [1.29, 1.82) is 0 Å². The fourth-order valence-electron chi connectivity index (χ4n) is 5.65. The van der Waals surface area contributed by atoms with Crippen molar-refractivity contribution in [2.45, 2.75) is 72.5 Å². The van der Waals surface area contributed by atoms with Gasteiger partial charge in [-0.15, -0.1) is 0 Å². The Labute approximate surface area is 193 Å². The van der Waals surface area contributed by atoms with E-state index in [1.54, 1.807) is 0 Å². The lowest BCUT2D eigenvalue weighted by atomic mass is 9.83. The van der Waals surface area contributed by atoms with Gasteiger partial charge >= 0.3 is 0 Å². The number of ether oxygens (including phenoxy) is 1. The highest BCUT2D eigenvalue weighted by molar-refractivity contribution is 5.47. The molecule has 0 aliphatic carbocycles. The smallest absolute Gasteiger partial charge is 0.0673 e. The van der Waals surface area contributed by atoms with Gasteiger partial charge in [0.2, 0.25) is 0 Å². The second-order valence-electron chi connectivity index (χ2n) is 9.24. The number of nitrogens with one attached hydrogen (secondary N) is 1. The number of aromatic amines is 1. The summed E-state index contributed by atoms with van der Waals surface area (Å²) in [6, 6.07) is 14.0. The highest BCUT2D eigenvalue weighted by atomic mass is 16.5. The van der Waals surface area contributed by atoms with Crippen LogP contribution in [0, 0.1) is 20.8 Å². The third-order valence-corrected chi connectivity index (χ3v) is 7.02. The Balaban J connectivity index is 1.95. The standard InChI is InChI=1S/C28H37N3O/c1-7-24-27(25(8-2)30-29-24)28(26-19(4)13-18(3)14-20(26)5)31-16-22-12-10-9-11-21(22)15-23(31)17-32-6/h9-14,23,28H,7-8,15-17H2,1-6H3,(H,29,30). The van der Waals surface area contributed by atoms with E-state index in [4.69, 9.17) is 9.84 Å². The maximum Gasteiger partial charge on any atom is 0.0673 e. The molecule has 1 aliphatic rings. The molecule has 4 heteroatoms. The molecule has 1 aromatic heterocycles. The van der Waals surface area contributed by atoms with E-state index >= 15 is 0 Å². The third kappa shape index (κ3) is 4.14. The molecule has 2 unspecified atom stereocenters. The van der Waals surface area contributed by atoms with Gasteiger partial charge in [-0.1, -0.05) is 55.8 Å². The van der Waals surface area contributed by atoms with E-state index in [0.717, 1.165) is 32.4 Å². The molecule has 2 atom stereocenters. The topological polar surface area (TPSA) is 41.2 Å². The Hall–Kier alpha value is -2.43. The summed E-state index contributed by atoms with van der Waals surface area (Å²) in [5.74, 6) is 0. The quantitative estimate of drug-likeness (QED) is 0.528. The first-order valence-electron chi connectivity index (χ1n) is 11.9. The lowest BCUT2D eigenvalue weighted by Crippen LogP contribution is -2.46. The fourth-order valence-corrected chi connectivity index (χ4v) is 5.65. The lowest BCUT2D eigenvalue weighted by Gasteiger charge is -2.43. The molecule has 0 saturated heterocycles. The Bertz CT molecular complexity index is 1040. The lowest BCUT2D eigenvalue weighted by molar-refractivity contribution is 0.0564. The SMILES string of the molecule is CCc1n[nH]c(CC)c1C(c1c(C)cc(C)cc1C)N1Cc2ccccc2CC1COC. The highest BCUT2D eigenvalue weighted by Gasteiger charge is 2.37. The molecule has 0 bridgehead atoms. The monoisotopic (exact) mass is 431 g/mol. The van der Waals surface area contributed by atoms with E-state index < -0.39 is 0 Å². The molecule has 4 rings (SSSR count). The molecule has 170 valence electrons. The summed E-state index contributed by atoms with van der Waals surface area (Å²) in [6.07, 6.45) is 2.87. The van der Waals surface area contributed by atoms with Crippen LogP contribution in [0.3, 0.4) is 0 Å². The van der Waals surface area contributed by atoms with Gasteiger partial charge in [-0.05, 0) is 67.9 Å². The number of aromatic nitrogens is 2. The van der Waals surface area contributed by atoms with Crippen LogP contribution in [0.15, 0.2) is 36.4 Å². The van der Waals surface area contributed by atoms with Crippen LogP contribution in [0.2, 0.25) is 0 Å². The van der Waals surface area contributed by atoms with E-state index in [1.165, 1.54) is 50.3 Å². The van der Waals surface area contributed by atoms with E-state index in [2.05, 4.69) is 81.0 Å². The molecule has 1 aliphatic heterocycles. The second-order valence-corrected chi connectivity index (χ2v) is 9.24. The molecular formula is C28H37N3O. The molecular weight excluding hydrogens is 394 g/mol. The van der Waals surface area contributed by atoms with Crippen molar-refractivity contribution in [3.63, 3.8) is 0 Å². The van der Waals surface area contributed by atoms with E-state index in [-0.39, 0.29) is 6.04 Å². The van der Waals surface area contributed by atoms with Crippen molar-refractivity contribution in [3.05, 3.63) is 86.7 Å².